The second-order valence-corrected chi connectivity index (χ2v) is 4.82. The number of hydrogen-bond acceptors (Lipinski definition) is 2. The van der Waals surface area contributed by atoms with E-state index >= 15 is 0 Å². The van der Waals surface area contributed by atoms with Gasteiger partial charge in [0.25, 0.3) is 0 Å². The van der Waals surface area contributed by atoms with Crippen LogP contribution in [0.2, 0.25) is 0 Å². The second-order valence-electron chi connectivity index (χ2n) is 4.41. The maximum absolute atomic E-state index is 5.29. The van der Waals surface area contributed by atoms with E-state index < -0.39 is 0 Å². The van der Waals surface area contributed by atoms with Crippen LogP contribution in [0.4, 0.5) is 0 Å². The molecule has 88 valence electrons. The van der Waals surface area contributed by atoms with Crippen molar-refractivity contribution in [3.63, 3.8) is 0 Å². The van der Waals surface area contributed by atoms with Gasteiger partial charge in [-0.25, -0.2) is 0 Å². The predicted molar refractivity (Wildman–Crippen MR) is 68.4 cm³/mol. The van der Waals surface area contributed by atoms with Crippen molar-refractivity contribution in [3.8, 4) is 0 Å². The highest BCUT2D eigenvalue weighted by atomic mass is 32.1. The lowest BCUT2D eigenvalue weighted by atomic mass is 10.1. The molecule has 0 aromatic carbocycles. The van der Waals surface area contributed by atoms with Gasteiger partial charge in [0.05, 0.1) is 6.26 Å². The SMILES string of the molecule is CC(CCc1ccco1)NC(=S)NC1CC1. The lowest BCUT2D eigenvalue weighted by molar-refractivity contribution is 0.482. The van der Waals surface area contributed by atoms with E-state index in [1.165, 1.54) is 12.8 Å². The Hall–Kier alpha value is -1.03. The van der Waals surface area contributed by atoms with E-state index in [9.17, 15) is 0 Å². The molecule has 1 heterocycles. The highest BCUT2D eigenvalue weighted by Crippen LogP contribution is 2.18. The quantitative estimate of drug-likeness (QED) is 0.771. The first-order valence-electron chi connectivity index (χ1n) is 5.83. The Morgan fingerprint density at radius 2 is 2.44 bits per heavy atom. The van der Waals surface area contributed by atoms with Gasteiger partial charge in [0.15, 0.2) is 5.11 Å². The lowest BCUT2D eigenvalue weighted by Gasteiger charge is -2.16. The molecule has 3 nitrogen and oxygen atoms in total. The summed E-state index contributed by atoms with van der Waals surface area (Å²) in [6.45, 7) is 2.14. The van der Waals surface area contributed by atoms with Crippen LogP contribution >= 0.6 is 12.2 Å². The molecule has 0 spiro atoms. The molecule has 1 atom stereocenters. The fourth-order valence-electron chi connectivity index (χ4n) is 1.56. The minimum absolute atomic E-state index is 0.379. The van der Waals surface area contributed by atoms with E-state index in [0.29, 0.717) is 12.1 Å². The molecule has 16 heavy (non-hydrogen) atoms. The first-order valence-corrected chi connectivity index (χ1v) is 6.24. The molecule has 1 fully saturated rings. The molecule has 1 aliphatic rings. The Bertz CT molecular complexity index is 333. The summed E-state index contributed by atoms with van der Waals surface area (Å²) in [6.07, 6.45) is 6.20. The fraction of sp³-hybridized carbons (Fsp3) is 0.583. The molecule has 0 amide bonds. The van der Waals surface area contributed by atoms with Crippen molar-refractivity contribution in [2.24, 2.45) is 0 Å². The third-order valence-corrected chi connectivity index (χ3v) is 2.93. The van der Waals surface area contributed by atoms with Crippen molar-refractivity contribution in [2.45, 2.75) is 44.7 Å². The van der Waals surface area contributed by atoms with Crippen molar-refractivity contribution >= 4 is 17.3 Å². The first-order chi connectivity index (χ1) is 7.74. The number of rotatable bonds is 5. The van der Waals surface area contributed by atoms with Crippen LogP contribution < -0.4 is 10.6 Å². The number of aryl methyl sites for hydroxylation is 1. The van der Waals surface area contributed by atoms with Crippen LogP contribution in [0.3, 0.4) is 0 Å². The Balaban J connectivity index is 1.63. The maximum atomic E-state index is 5.29. The average molecular weight is 238 g/mol. The van der Waals surface area contributed by atoms with Gasteiger partial charge in [0, 0.05) is 18.5 Å². The van der Waals surface area contributed by atoms with Crippen molar-refractivity contribution in [1.82, 2.24) is 10.6 Å². The van der Waals surface area contributed by atoms with Crippen LogP contribution in [0, 0.1) is 0 Å². The zero-order valence-corrected chi connectivity index (χ0v) is 10.3. The minimum atomic E-state index is 0.379. The van der Waals surface area contributed by atoms with Crippen molar-refractivity contribution in [3.05, 3.63) is 24.2 Å². The average Bonchev–Trinajstić information content (AvgIpc) is 2.89. The van der Waals surface area contributed by atoms with Gasteiger partial charge in [-0.1, -0.05) is 0 Å². The normalized spacial score (nSPS) is 16.8. The zero-order chi connectivity index (χ0) is 11.4. The summed E-state index contributed by atoms with van der Waals surface area (Å²) in [6, 6.07) is 4.93. The van der Waals surface area contributed by atoms with Gasteiger partial charge in [-0.15, -0.1) is 0 Å². The van der Waals surface area contributed by atoms with E-state index in [-0.39, 0.29) is 0 Å². The molecule has 2 N–H and O–H groups in total. The third-order valence-electron chi connectivity index (χ3n) is 2.69. The molecular weight excluding hydrogens is 220 g/mol. The lowest BCUT2D eigenvalue weighted by Crippen LogP contribution is -2.41. The Labute approximate surface area is 102 Å². The molecular formula is C12H18N2OS. The third kappa shape index (κ3) is 3.85. The van der Waals surface area contributed by atoms with Gasteiger partial charge in [-0.05, 0) is 50.5 Å². The van der Waals surface area contributed by atoms with Crippen LogP contribution in [0.25, 0.3) is 0 Å². The van der Waals surface area contributed by atoms with Crippen LogP contribution in [0.15, 0.2) is 22.8 Å². The van der Waals surface area contributed by atoms with Crippen LogP contribution in [-0.4, -0.2) is 17.2 Å². The smallest absolute Gasteiger partial charge is 0.166 e. The zero-order valence-electron chi connectivity index (χ0n) is 9.53. The molecule has 1 unspecified atom stereocenters. The minimum Gasteiger partial charge on any atom is -0.469 e. The van der Waals surface area contributed by atoms with Gasteiger partial charge in [0.1, 0.15) is 5.76 Å². The summed E-state index contributed by atoms with van der Waals surface area (Å²) < 4.78 is 5.29. The number of nitrogens with one attached hydrogen (secondary N) is 2. The number of thiocarbonyl (C=S) groups is 1. The molecule has 0 aliphatic heterocycles. The fourth-order valence-corrected chi connectivity index (χ4v) is 1.93. The summed E-state index contributed by atoms with van der Waals surface area (Å²) in [4.78, 5) is 0. The summed E-state index contributed by atoms with van der Waals surface area (Å²) in [5.74, 6) is 1.04. The van der Waals surface area contributed by atoms with E-state index in [4.69, 9.17) is 16.6 Å². The van der Waals surface area contributed by atoms with Crippen molar-refractivity contribution < 1.29 is 4.42 Å². The molecule has 0 radical (unpaired) electrons. The first kappa shape index (κ1) is 11.5. The van der Waals surface area contributed by atoms with Crippen molar-refractivity contribution in [1.29, 1.82) is 0 Å². The summed E-state index contributed by atoms with van der Waals surface area (Å²) >= 11 is 5.22. The Morgan fingerprint density at radius 3 is 3.06 bits per heavy atom. The maximum Gasteiger partial charge on any atom is 0.166 e. The molecule has 1 aliphatic carbocycles. The molecule has 0 saturated heterocycles. The monoisotopic (exact) mass is 238 g/mol. The summed E-state index contributed by atoms with van der Waals surface area (Å²) in [7, 11) is 0. The number of hydrogen-bond donors (Lipinski definition) is 2. The second kappa shape index (κ2) is 5.34. The largest absolute Gasteiger partial charge is 0.469 e. The van der Waals surface area contributed by atoms with E-state index in [0.717, 1.165) is 23.7 Å². The van der Waals surface area contributed by atoms with Crippen LogP contribution in [0.5, 0.6) is 0 Å². The van der Waals surface area contributed by atoms with Gasteiger partial charge in [-0.2, -0.15) is 0 Å². The molecule has 1 saturated carbocycles. The standard InChI is InChI=1S/C12H18N2OS/c1-9(4-7-11-3-2-8-15-11)13-12(16)14-10-5-6-10/h2-3,8-10H,4-7H2,1H3,(H2,13,14,16). The molecule has 0 bridgehead atoms. The molecule has 4 heteroatoms. The van der Waals surface area contributed by atoms with Gasteiger partial charge in [-0.3, -0.25) is 0 Å². The van der Waals surface area contributed by atoms with Gasteiger partial charge < -0.3 is 15.1 Å². The summed E-state index contributed by atoms with van der Waals surface area (Å²) in [5.41, 5.74) is 0. The van der Waals surface area contributed by atoms with Gasteiger partial charge >= 0.3 is 0 Å². The highest BCUT2D eigenvalue weighted by molar-refractivity contribution is 7.80. The summed E-state index contributed by atoms with van der Waals surface area (Å²) in [5, 5.41) is 7.35. The van der Waals surface area contributed by atoms with Crippen molar-refractivity contribution in [2.75, 3.05) is 0 Å². The topological polar surface area (TPSA) is 37.2 Å². The van der Waals surface area contributed by atoms with E-state index in [2.05, 4.69) is 17.6 Å². The molecule has 2 rings (SSSR count). The van der Waals surface area contributed by atoms with Gasteiger partial charge in [0.2, 0.25) is 0 Å². The Kier molecular flexibility index (Phi) is 3.83. The number of furan rings is 1. The van der Waals surface area contributed by atoms with Crippen LogP contribution in [-0.2, 0) is 6.42 Å². The van der Waals surface area contributed by atoms with Crippen LogP contribution in [0.1, 0.15) is 31.9 Å². The molecule has 1 aromatic rings. The Morgan fingerprint density at radius 1 is 1.62 bits per heavy atom. The predicted octanol–water partition coefficient (Wildman–Crippen LogP) is 2.23. The highest BCUT2D eigenvalue weighted by Gasteiger charge is 2.22. The van der Waals surface area contributed by atoms with E-state index in [1.807, 2.05) is 12.1 Å². The van der Waals surface area contributed by atoms with E-state index in [1.54, 1.807) is 6.26 Å². The molecule has 1 aromatic heterocycles.